The maximum atomic E-state index is 13.1. The number of benzene rings is 1. The number of para-hydroxylation sites is 1. The van der Waals surface area contributed by atoms with Crippen LogP contribution < -0.4 is 5.56 Å². The second kappa shape index (κ2) is 6.92. The number of fused-ring (bicyclic) bond motifs is 1. The molecule has 0 aliphatic heterocycles. The van der Waals surface area contributed by atoms with E-state index >= 15 is 0 Å². The third-order valence-corrected chi connectivity index (χ3v) is 4.40. The number of hydrogen-bond donors (Lipinski definition) is 1. The van der Waals surface area contributed by atoms with Gasteiger partial charge in [0.1, 0.15) is 11.6 Å². The van der Waals surface area contributed by atoms with E-state index in [1.807, 2.05) is 6.07 Å². The van der Waals surface area contributed by atoms with E-state index in [9.17, 15) is 9.59 Å². The Morgan fingerprint density at radius 1 is 1.22 bits per heavy atom. The van der Waals surface area contributed by atoms with E-state index in [2.05, 4.69) is 4.98 Å². The normalized spacial score (nSPS) is 16.7. The van der Waals surface area contributed by atoms with Gasteiger partial charge in [0.2, 0.25) is 0 Å². The third kappa shape index (κ3) is 3.25. The quantitative estimate of drug-likeness (QED) is 0.767. The van der Waals surface area contributed by atoms with Crippen molar-refractivity contribution in [2.24, 2.45) is 5.92 Å². The fourth-order valence-electron chi connectivity index (χ4n) is 3.01. The monoisotopic (exact) mass is 360 g/mol. The molecule has 3 aromatic rings. The Balaban J connectivity index is 1.86. The molecule has 0 amide bonds. The minimum absolute atomic E-state index is 0.204. The second-order valence-corrected chi connectivity index (χ2v) is 6.15. The summed E-state index contributed by atoms with van der Waals surface area (Å²) in [5.41, 5.74) is 1.00. The van der Waals surface area contributed by atoms with E-state index < -0.39 is 11.9 Å². The van der Waals surface area contributed by atoms with Crippen LogP contribution in [0.3, 0.4) is 0 Å². The Labute approximate surface area is 154 Å². The predicted molar refractivity (Wildman–Crippen MR) is 103 cm³/mol. The standard InChI is InChI=1S/C21H16N2O4/c24-20-17-5-1-2-6-18(17)22-19(12-11-16-4-3-13-27-16)23(20)15-9-7-14(8-10-15)21(25)26/h1-7,9-14H,8H2,(H,25,26)/b12-11+. The zero-order chi connectivity index (χ0) is 18.8. The number of aromatic nitrogens is 2. The predicted octanol–water partition coefficient (Wildman–Crippen LogP) is 3.66. The van der Waals surface area contributed by atoms with Gasteiger partial charge in [-0.25, -0.2) is 4.98 Å². The zero-order valence-electron chi connectivity index (χ0n) is 14.3. The van der Waals surface area contributed by atoms with Crippen molar-refractivity contribution in [2.75, 3.05) is 0 Å². The number of furan rings is 1. The van der Waals surface area contributed by atoms with Crippen LogP contribution in [0.15, 0.2) is 70.1 Å². The minimum Gasteiger partial charge on any atom is -0.481 e. The van der Waals surface area contributed by atoms with Crippen molar-refractivity contribution in [3.8, 4) is 0 Å². The summed E-state index contributed by atoms with van der Waals surface area (Å²) in [6.45, 7) is 0. The molecule has 6 nitrogen and oxygen atoms in total. The van der Waals surface area contributed by atoms with Gasteiger partial charge in [-0.1, -0.05) is 24.3 Å². The highest BCUT2D eigenvalue weighted by Gasteiger charge is 2.19. The first kappa shape index (κ1) is 16.8. The molecule has 1 N–H and O–H groups in total. The van der Waals surface area contributed by atoms with Gasteiger partial charge in [-0.05, 0) is 48.9 Å². The van der Waals surface area contributed by atoms with Crippen molar-refractivity contribution in [3.63, 3.8) is 0 Å². The van der Waals surface area contributed by atoms with Gasteiger partial charge in [0.05, 0.1) is 23.1 Å². The van der Waals surface area contributed by atoms with Crippen LogP contribution >= 0.6 is 0 Å². The van der Waals surface area contributed by atoms with Gasteiger partial charge in [0, 0.05) is 5.70 Å². The molecule has 2 aromatic heterocycles. The number of allylic oxidation sites excluding steroid dienone is 3. The molecule has 6 heteroatoms. The van der Waals surface area contributed by atoms with Gasteiger partial charge in [-0.3, -0.25) is 14.2 Å². The highest BCUT2D eigenvalue weighted by Crippen LogP contribution is 2.22. The largest absolute Gasteiger partial charge is 0.481 e. The smallest absolute Gasteiger partial charge is 0.310 e. The van der Waals surface area contributed by atoms with E-state index in [0.717, 1.165) is 0 Å². The molecule has 0 bridgehead atoms. The number of nitrogens with zero attached hydrogens (tertiary/aromatic N) is 2. The minimum atomic E-state index is -0.886. The summed E-state index contributed by atoms with van der Waals surface area (Å²) in [7, 11) is 0. The summed E-state index contributed by atoms with van der Waals surface area (Å²) in [5, 5.41) is 9.65. The summed E-state index contributed by atoms with van der Waals surface area (Å²) < 4.78 is 6.80. The number of carbonyl (C=O) groups is 1. The van der Waals surface area contributed by atoms with Crippen molar-refractivity contribution in [1.29, 1.82) is 0 Å². The first-order chi connectivity index (χ1) is 13.1. The molecule has 0 fully saturated rings. The Kier molecular flexibility index (Phi) is 4.30. The molecular formula is C21H16N2O4. The first-order valence-electron chi connectivity index (χ1n) is 8.48. The molecule has 0 saturated carbocycles. The third-order valence-electron chi connectivity index (χ3n) is 4.40. The summed E-state index contributed by atoms with van der Waals surface area (Å²) in [5.74, 6) is -0.383. The van der Waals surface area contributed by atoms with Gasteiger partial charge in [0.25, 0.3) is 5.56 Å². The Morgan fingerprint density at radius 3 is 2.78 bits per heavy atom. The summed E-state index contributed by atoms with van der Waals surface area (Å²) in [6, 6.07) is 10.7. The topological polar surface area (TPSA) is 85.3 Å². The molecule has 2 heterocycles. The second-order valence-electron chi connectivity index (χ2n) is 6.15. The highest BCUT2D eigenvalue weighted by atomic mass is 16.4. The number of rotatable bonds is 4. The fourth-order valence-corrected chi connectivity index (χ4v) is 3.01. The van der Waals surface area contributed by atoms with E-state index in [1.165, 1.54) is 4.57 Å². The lowest BCUT2D eigenvalue weighted by molar-refractivity contribution is -0.139. The van der Waals surface area contributed by atoms with Gasteiger partial charge in [-0.15, -0.1) is 0 Å². The van der Waals surface area contributed by atoms with Crippen LogP contribution in [0.2, 0.25) is 0 Å². The van der Waals surface area contributed by atoms with Crippen LogP contribution in [0.1, 0.15) is 18.0 Å². The molecule has 27 heavy (non-hydrogen) atoms. The molecule has 0 spiro atoms. The van der Waals surface area contributed by atoms with Crippen LogP contribution in [0.25, 0.3) is 28.8 Å². The van der Waals surface area contributed by atoms with E-state index in [4.69, 9.17) is 9.52 Å². The lowest BCUT2D eigenvalue weighted by Gasteiger charge is -2.16. The average molecular weight is 360 g/mol. The molecule has 0 radical (unpaired) electrons. The highest BCUT2D eigenvalue weighted by molar-refractivity contribution is 5.82. The maximum Gasteiger partial charge on any atom is 0.310 e. The number of aliphatic carboxylic acids is 1. The Morgan fingerprint density at radius 2 is 2.07 bits per heavy atom. The van der Waals surface area contributed by atoms with Crippen LogP contribution in [-0.2, 0) is 4.79 Å². The summed E-state index contributed by atoms with van der Waals surface area (Å²) in [4.78, 5) is 28.9. The molecule has 0 saturated heterocycles. The maximum absolute atomic E-state index is 13.1. The average Bonchev–Trinajstić information content (AvgIpc) is 3.20. The first-order valence-corrected chi connectivity index (χ1v) is 8.48. The SMILES string of the molecule is O=C(O)C1C=CC(n2c(/C=C/c3ccco3)nc3ccccc3c2=O)=CC1. The fraction of sp³-hybridized carbons (Fsp3) is 0.0952. The van der Waals surface area contributed by atoms with E-state index in [-0.39, 0.29) is 5.56 Å². The number of carboxylic acid groups (broad SMARTS) is 1. The van der Waals surface area contributed by atoms with Gasteiger partial charge >= 0.3 is 5.97 Å². The molecule has 1 atom stereocenters. The van der Waals surface area contributed by atoms with E-state index in [0.29, 0.717) is 34.6 Å². The van der Waals surface area contributed by atoms with Gasteiger partial charge in [0.15, 0.2) is 0 Å². The number of hydrogen-bond acceptors (Lipinski definition) is 4. The molecule has 4 rings (SSSR count). The van der Waals surface area contributed by atoms with Crippen LogP contribution in [-0.4, -0.2) is 20.6 Å². The lowest BCUT2D eigenvalue weighted by atomic mass is 9.99. The lowest BCUT2D eigenvalue weighted by Crippen LogP contribution is -2.24. The molecule has 1 aliphatic rings. The van der Waals surface area contributed by atoms with Crippen LogP contribution in [0.5, 0.6) is 0 Å². The van der Waals surface area contributed by atoms with Gasteiger partial charge in [-0.2, -0.15) is 0 Å². The zero-order valence-corrected chi connectivity index (χ0v) is 14.3. The van der Waals surface area contributed by atoms with Crippen molar-refractivity contribution < 1.29 is 14.3 Å². The molecule has 1 aromatic carbocycles. The van der Waals surface area contributed by atoms with Crippen molar-refractivity contribution >= 4 is 34.7 Å². The van der Waals surface area contributed by atoms with Gasteiger partial charge < -0.3 is 9.52 Å². The van der Waals surface area contributed by atoms with Crippen molar-refractivity contribution in [2.45, 2.75) is 6.42 Å². The summed E-state index contributed by atoms with van der Waals surface area (Å²) in [6.07, 6.45) is 10.3. The van der Waals surface area contributed by atoms with Crippen molar-refractivity contribution in [3.05, 3.63) is 82.8 Å². The van der Waals surface area contributed by atoms with Crippen molar-refractivity contribution in [1.82, 2.24) is 9.55 Å². The number of carboxylic acids is 1. The Hall–Kier alpha value is -3.67. The molecule has 1 unspecified atom stereocenters. The van der Waals surface area contributed by atoms with Crippen LogP contribution in [0.4, 0.5) is 0 Å². The Bertz CT molecular complexity index is 1150. The van der Waals surface area contributed by atoms with E-state index in [1.54, 1.807) is 67.0 Å². The summed E-state index contributed by atoms with van der Waals surface area (Å²) >= 11 is 0. The molecule has 1 aliphatic carbocycles. The van der Waals surface area contributed by atoms with Crippen LogP contribution in [0, 0.1) is 5.92 Å². The molecule has 134 valence electrons. The molecular weight excluding hydrogens is 344 g/mol.